The van der Waals surface area contributed by atoms with Crippen LogP contribution in [-0.2, 0) is 6.54 Å². The highest BCUT2D eigenvalue weighted by Gasteiger charge is 2.11. The van der Waals surface area contributed by atoms with Gasteiger partial charge in [-0.2, -0.15) is 5.10 Å². The number of aromatic nitrogens is 2. The number of hydrazone groups is 1. The first kappa shape index (κ1) is 17.7. The highest BCUT2D eigenvalue weighted by molar-refractivity contribution is 5.82. The van der Waals surface area contributed by atoms with Gasteiger partial charge in [-0.05, 0) is 35.7 Å². The van der Waals surface area contributed by atoms with Crippen molar-refractivity contribution in [2.24, 2.45) is 5.10 Å². The van der Waals surface area contributed by atoms with E-state index in [1.54, 1.807) is 16.8 Å². The smallest absolute Gasteiger partial charge is 0.263 e. The molecular weight excluding hydrogens is 348 g/mol. The maximum Gasteiger partial charge on any atom is 0.263 e. The molecule has 0 bridgehead atoms. The quantitative estimate of drug-likeness (QED) is 0.424. The second kappa shape index (κ2) is 7.88. The fourth-order valence-electron chi connectivity index (χ4n) is 3.06. The van der Waals surface area contributed by atoms with Gasteiger partial charge in [0, 0.05) is 0 Å². The van der Waals surface area contributed by atoms with Gasteiger partial charge in [-0.3, -0.25) is 9.36 Å². The Balaban J connectivity index is 1.74. The van der Waals surface area contributed by atoms with E-state index in [9.17, 15) is 4.79 Å². The van der Waals surface area contributed by atoms with Gasteiger partial charge in [0.15, 0.2) is 0 Å². The van der Waals surface area contributed by atoms with Gasteiger partial charge in [0.25, 0.3) is 5.56 Å². The van der Waals surface area contributed by atoms with Crippen LogP contribution in [0.5, 0.6) is 0 Å². The zero-order valence-electron chi connectivity index (χ0n) is 15.5. The van der Waals surface area contributed by atoms with Gasteiger partial charge in [-0.1, -0.05) is 66.7 Å². The predicted molar refractivity (Wildman–Crippen MR) is 114 cm³/mol. The van der Waals surface area contributed by atoms with E-state index in [-0.39, 0.29) is 5.56 Å². The van der Waals surface area contributed by atoms with E-state index in [1.165, 1.54) is 0 Å². The van der Waals surface area contributed by atoms with Gasteiger partial charge in [0.05, 0.1) is 23.7 Å². The lowest BCUT2D eigenvalue weighted by Crippen LogP contribution is -2.24. The molecule has 0 saturated heterocycles. The largest absolute Gasteiger partial charge is 0.272 e. The summed E-state index contributed by atoms with van der Waals surface area (Å²) in [7, 11) is 0. The van der Waals surface area contributed by atoms with Crippen molar-refractivity contribution in [2.45, 2.75) is 13.5 Å². The number of aryl methyl sites for hydroxylation is 1. The van der Waals surface area contributed by atoms with Crippen LogP contribution < -0.4 is 11.0 Å². The second-order valence-electron chi connectivity index (χ2n) is 6.56. The van der Waals surface area contributed by atoms with Crippen LogP contribution in [0.3, 0.4) is 0 Å². The summed E-state index contributed by atoms with van der Waals surface area (Å²) >= 11 is 0. The van der Waals surface area contributed by atoms with Gasteiger partial charge >= 0.3 is 0 Å². The molecule has 1 aromatic heterocycles. The molecule has 0 radical (unpaired) electrons. The number of nitrogens with zero attached hydrogens (tertiary/aromatic N) is 3. The number of anilines is 1. The molecule has 0 atom stereocenters. The van der Waals surface area contributed by atoms with Crippen LogP contribution in [0.2, 0.25) is 0 Å². The molecule has 1 heterocycles. The number of hydrogen-bond donors (Lipinski definition) is 1. The van der Waals surface area contributed by atoms with Crippen LogP contribution >= 0.6 is 0 Å². The molecule has 0 spiro atoms. The van der Waals surface area contributed by atoms with E-state index in [4.69, 9.17) is 0 Å². The Kier molecular flexibility index (Phi) is 4.97. The van der Waals surface area contributed by atoms with Crippen molar-refractivity contribution >= 4 is 23.1 Å². The topological polar surface area (TPSA) is 59.3 Å². The van der Waals surface area contributed by atoms with Crippen molar-refractivity contribution in [3.63, 3.8) is 0 Å². The minimum Gasteiger partial charge on any atom is -0.272 e. The SMILES string of the molecule is Cc1ccccc1/C=N/Nc1nc2ccccc2c(=O)n1Cc1ccccc1. The standard InChI is InChI=1S/C23H20N4O/c1-17-9-5-6-12-19(17)15-24-26-23-25-21-14-8-7-13-20(21)22(28)27(23)16-18-10-3-2-4-11-18/h2-15H,16H2,1H3,(H,25,26)/b24-15+. The first-order chi connectivity index (χ1) is 13.7. The summed E-state index contributed by atoms with van der Waals surface area (Å²) in [6, 6.07) is 25.2. The number of hydrogen-bond acceptors (Lipinski definition) is 4. The van der Waals surface area contributed by atoms with E-state index in [2.05, 4.69) is 15.5 Å². The van der Waals surface area contributed by atoms with Crippen molar-refractivity contribution in [1.82, 2.24) is 9.55 Å². The third kappa shape index (κ3) is 3.69. The number of rotatable bonds is 5. The Morgan fingerprint density at radius 2 is 1.68 bits per heavy atom. The summed E-state index contributed by atoms with van der Waals surface area (Å²) in [6.07, 6.45) is 1.74. The molecule has 4 rings (SSSR count). The molecule has 0 aliphatic heterocycles. The highest BCUT2D eigenvalue weighted by Crippen LogP contribution is 2.13. The number of fused-ring (bicyclic) bond motifs is 1. The number of nitrogens with one attached hydrogen (secondary N) is 1. The van der Waals surface area contributed by atoms with Gasteiger partial charge in [0.2, 0.25) is 5.95 Å². The summed E-state index contributed by atoms with van der Waals surface area (Å²) < 4.78 is 1.62. The Labute approximate surface area is 163 Å². The summed E-state index contributed by atoms with van der Waals surface area (Å²) in [6.45, 7) is 2.45. The third-order valence-electron chi connectivity index (χ3n) is 4.60. The monoisotopic (exact) mass is 368 g/mol. The molecule has 5 nitrogen and oxygen atoms in total. The lowest BCUT2D eigenvalue weighted by atomic mass is 10.1. The van der Waals surface area contributed by atoms with Gasteiger partial charge < -0.3 is 0 Å². The normalized spacial score (nSPS) is 11.2. The van der Waals surface area contributed by atoms with Gasteiger partial charge in [0.1, 0.15) is 0 Å². The molecule has 0 amide bonds. The Hall–Kier alpha value is -3.73. The molecule has 0 saturated carbocycles. The van der Waals surface area contributed by atoms with Crippen molar-refractivity contribution in [3.8, 4) is 0 Å². The highest BCUT2D eigenvalue weighted by atomic mass is 16.1. The first-order valence-electron chi connectivity index (χ1n) is 9.10. The van der Waals surface area contributed by atoms with E-state index in [0.29, 0.717) is 23.4 Å². The Morgan fingerprint density at radius 3 is 2.50 bits per heavy atom. The summed E-state index contributed by atoms with van der Waals surface area (Å²) in [5, 5.41) is 4.92. The van der Waals surface area contributed by atoms with Crippen molar-refractivity contribution in [3.05, 3.63) is 106 Å². The fourth-order valence-corrected chi connectivity index (χ4v) is 3.06. The van der Waals surface area contributed by atoms with Crippen LogP contribution in [0, 0.1) is 6.92 Å². The minimum atomic E-state index is -0.0944. The lowest BCUT2D eigenvalue weighted by Gasteiger charge is -2.13. The number of benzene rings is 3. The van der Waals surface area contributed by atoms with E-state index in [0.717, 1.165) is 16.7 Å². The summed E-state index contributed by atoms with van der Waals surface area (Å²) in [5.74, 6) is 0.414. The predicted octanol–water partition coefficient (Wildman–Crippen LogP) is 4.20. The van der Waals surface area contributed by atoms with Crippen LogP contribution in [0.15, 0.2) is 88.8 Å². The Bertz CT molecular complexity index is 1200. The van der Waals surface area contributed by atoms with E-state index >= 15 is 0 Å². The average Bonchev–Trinajstić information content (AvgIpc) is 2.73. The maximum atomic E-state index is 13.1. The molecule has 0 aliphatic carbocycles. The molecule has 0 unspecified atom stereocenters. The zero-order valence-corrected chi connectivity index (χ0v) is 15.5. The Morgan fingerprint density at radius 1 is 0.964 bits per heavy atom. The summed E-state index contributed by atoms with van der Waals surface area (Å²) in [5.41, 5.74) is 6.67. The van der Waals surface area contributed by atoms with Crippen LogP contribution in [0.25, 0.3) is 10.9 Å². The first-order valence-corrected chi connectivity index (χ1v) is 9.10. The molecule has 0 fully saturated rings. The molecule has 4 aromatic rings. The maximum absolute atomic E-state index is 13.1. The fraction of sp³-hybridized carbons (Fsp3) is 0.0870. The van der Waals surface area contributed by atoms with E-state index < -0.39 is 0 Å². The third-order valence-corrected chi connectivity index (χ3v) is 4.60. The molecule has 3 aromatic carbocycles. The minimum absolute atomic E-state index is 0.0944. The molecule has 28 heavy (non-hydrogen) atoms. The van der Waals surface area contributed by atoms with E-state index in [1.807, 2.05) is 79.7 Å². The van der Waals surface area contributed by atoms with Crippen molar-refractivity contribution in [1.29, 1.82) is 0 Å². The average molecular weight is 368 g/mol. The van der Waals surface area contributed by atoms with Gasteiger partial charge in [-0.25, -0.2) is 10.4 Å². The zero-order chi connectivity index (χ0) is 19.3. The summed E-state index contributed by atoms with van der Waals surface area (Å²) in [4.78, 5) is 17.7. The van der Waals surface area contributed by atoms with Crippen LogP contribution in [-0.4, -0.2) is 15.8 Å². The number of para-hydroxylation sites is 1. The van der Waals surface area contributed by atoms with Crippen molar-refractivity contribution in [2.75, 3.05) is 5.43 Å². The van der Waals surface area contributed by atoms with Crippen LogP contribution in [0.1, 0.15) is 16.7 Å². The molecule has 0 aliphatic rings. The molecule has 5 heteroatoms. The lowest BCUT2D eigenvalue weighted by molar-refractivity contribution is 0.755. The van der Waals surface area contributed by atoms with Gasteiger partial charge in [-0.15, -0.1) is 0 Å². The van der Waals surface area contributed by atoms with Crippen molar-refractivity contribution < 1.29 is 0 Å². The molecule has 138 valence electrons. The van der Waals surface area contributed by atoms with Crippen LogP contribution in [0.4, 0.5) is 5.95 Å². The molecule has 1 N–H and O–H groups in total. The second-order valence-corrected chi connectivity index (χ2v) is 6.56. The molecular formula is C23H20N4O.